The predicted molar refractivity (Wildman–Crippen MR) is 120 cm³/mol. The smallest absolute Gasteiger partial charge is 0.222 e. The van der Waals surface area contributed by atoms with Crippen molar-refractivity contribution < 1.29 is 0 Å². The van der Waals surface area contributed by atoms with Crippen molar-refractivity contribution in [3.8, 4) is 0 Å². The average Bonchev–Trinajstić information content (AvgIpc) is 3.22. The summed E-state index contributed by atoms with van der Waals surface area (Å²) < 4.78 is 0. The van der Waals surface area contributed by atoms with E-state index in [1.165, 1.54) is 11.1 Å². The van der Waals surface area contributed by atoms with Gasteiger partial charge in [0.1, 0.15) is 0 Å². The number of nitrogens with zero attached hydrogens (tertiary/aromatic N) is 2. The lowest BCUT2D eigenvalue weighted by Crippen LogP contribution is -2.36. The van der Waals surface area contributed by atoms with E-state index in [0.29, 0.717) is 32.9 Å². The quantitative estimate of drug-likeness (QED) is 0.526. The number of rotatable bonds is 6. The fourth-order valence-corrected chi connectivity index (χ4v) is 4.36. The lowest BCUT2D eigenvalue weighted by molar-refractivity contribution is 0.433. The van der Waals surface area contributed by atoms with Gasteiger partial charge in [-0.05, 0) is 35.6 Å². The summed E-state index contributed by atoms with van der Waals surface area (Å²) in [4.78, 5) is 8.68. The van der Waals surface area contributed by atoms with E-state index in [1.807, 2.05) is 18.2 Å². The largest absolute Gasteiger partial charge is 0.351 e. The Bertz CT molecular complexity index is 950. The van der Waals surface area contributed by atoms with Crippen molar-refractivity contribution >= 4 is 40.8 Å². The monoisotopic (exact) mass is 446 g/mol. The lowest BCUT2D eigenvalue weighted by Gasteiger charge is -2.29. The summed E-state index contributed by atoms with van der Waals surface area (Å²) in [5.74, 6) is 1.21. The van der Waals surface area contributed by atoms with E-state index < -0.39 is 0 Å². The number of hydrogen-bond acceptors (Lipinski definition) is 4. The molecule has 3 aromatic rings. The standard InChI is InChI=1S/C22H21Cl3N4/c23-16-10-27-22(28-11-16)29-21(8-14-4-2-1-3-5-14)18-13-26-12-17(18)15-6-7-19(24)20(25)9-15/h1-7,9-11,17-18,21,26H,8,12-13H2,(H,27,28,29). The molecule has 1 aliphatic rings. The van der Waals surface area contributed by atoms with Gasteiger partial charge in [-0.1, -0.05) is 71.2 Å². The zero-order valence-corrected chi connectivity index (χ0v) is 17.9. The molecule has 150 valence electrons. The fraction of sp³-hybridized carbons (Fsp3) is 0.273. The Hall–Kier alpha value is -1.85. The normalized spacial score (nSPS) is 19.8. The number of nitrogens with one attached hydrogen (secondary N) is 2. The summed E-state index contributed by atoms with van der Waals surface area (Å²) in [6.45, 7) is 1.78. The Morgan fingerprint density at radius 1 is 0.966 bits per heavy atom. The number of benzene rings is 2. The Morgan fingerprint density at radius 2 is 1.72 bits per heavy atom. The van der Waals surface area contributed by atoms with Crippen LogP contribution in [0.3, 0.4) is 0 Å². The average molecular weight is 448 g/mol. The molecule has 2 heterocycles. The summed E-state index contributed by atoms with van der Waals surface area (Å²) in [7, 11) is 0. The molecule has 2 N–H and O–H groups in total. The summed E-state index contributed by atoms with van der Waals surface area (Å²) in [5, 5.41) is 8.76. The van der Waals surface area contributed by atoms with Crippen molar-refractivity contribution in [3.05, 3.63) is 87.1 Å². The molecule has 0 bridgehead atoms. The highest BCUT2D eigenvalue weighted by molar-refractivity contribution is 6.42. The first-order chi connectivity index (χ1) is 14.1. The molecule has 7 heteroatoms. The van der Waals surface area contributed by atoms with E-state index in [2.05, 4.69) is 50.9 Å². The van der Waals surface area contributed by atoms with Crippen LogP contribution in [-0.2, 0) is 6.42 Å². The summed E-state index contributed by atoms with van der Waals surface area (Å²) in [5.41, 5.74) is 2.45. The minimum atomic E-state index is 0.132. The van der Waals surface area contributed by atoms with E-state index in [-0.39, 0.29) is 6.04 Å². The van der Waals surface area contributed by atoms with E-state index in [0.717, 1.165) is 19.5 Å². The lowest BCUT2D eigenvalue weighted by atomic mass is 9.81. The third-order valence-electron chi connectivity index (χ3n) is 5.38. The molecule has 2 aromatic carbocycles. The van der Waals surface area contributed by atoms with Gasteiger partial charge in [-0.3, -0.25) is 0 Å². The van der Waals surface area contributed by atoms with Crippen molar-refractivity contribution in [2.75, 3.05) is 18.4 Å². The van der Waals surface area contributed by atoms with Crippen LogP contribution in [0.15, 0.2) is 60.9 Å². The number of aromatic nitrogens is 2. The highest BCUT2D eigenvalue weighted by Gasteiger charge is 2.35. The molecule has 4 rings (SSSR count). The van der Waals surface area contributed by atoms with E-state index in [9.17, 15) is 0 Å². The van der Waals surface area contributed by atoms with Gasteiger partial charge in [-0.15, -0.1) is 0 Å². The van der Waals surface area contributed by atoms with Gasteiger partial charge in [0.2, 0.25) is 5.95 Å². The molecule has 0 amide bonds. The first-order valence-electron chi connectivity index (χ1n) is 9.54. The van der Waals surface area contributed by atoms with E-state index in [4.69, 9.17) is 34.8 Å². The van der Waals surface area contributed by atoms with Gasteiger partial charge >= 0.3 is 0 Å². The molecule has 1 aliphatic heterocycles. The van der Waals surface area contributed by atoms with Crippen LogP contribution in [-0.4, -0.2) is 29.1 Å². The van der Waals surface area contributed by atoms with Crippen LogP contribution in [0.25, 0.3) is 0 Å². The highest BCUT2D eigenvalue weighted by Crippen LogP contribution is 2.35. The number of hydrogen-bond donors (Lipinski definition) is 2. The second-order valence-electron chi connectivity index (χ2n) is 7.27. The Morgan fingerprint density at radius 3 is 2.45 bits per heavy atom. The molecule has 0 aliphatic carbocycles. The topological polar surface area (TPSA) is 49.8 Å². The van der Waals surface area contributed by atoms with Crippen LogP contribution in [0, 0.1) is 5.92 Å². The van der Waals surface area contributed by atoms with Crippen molar-refractivity contribution in [1.29, 1.82) is 0 Å². The maximum Gasteiger partial charge on any atom is 0.222 e. The molecule has 1 aromatic heterocycles. The van der Waals surface area contributed by atoms with Crippen molar-refractivity contribution in [2.24, 2.45) is 5.92 Å². The van der Waals surface area contributed by atoms with Gasteiger partial charge in [-0.2, -0.15) is 0 Å². The third kappa shape index (κ3) is 5.01. The van der Waals surface area contributed by atoms with Crippen LogP contribution >= 0.6 is 34.8 Å². The molecule has 4 nitrogen and oxygen atoms in total. The van der Waals surface area contributed by atoms with Gasteiger partial charge in [0.05, 0.1) is 27.5 Å². The fourth-order valence-electron chi connectivity index (χ4n) is 3.96. The first-order valence-corrected chi connectivity index (χ1v) is 10.7. The molecule has 3 unspecified atom stereocenters. The van der Waals surface area contributed by atoms with Crippen LogP contribution in [0.4, 0.5) is 5.95 Å². The molecular formula is C22H21Cl3N4. The summed E-state index contributed by atoms with van der Waals surface area (Å²) in [6.07, 6.45) is 4.08. The molecule has 0 radical (unpaired) electrons. The molecule has 3 atom stereocenters. The number of halogens is 3. The Labute approximate surface area is 185 Å². The van der Waals surface area contributed by atoms with Gasteiger partial charge in [0.25, 0.3) is 0 Å². The van der Waals surface area contributed by atoms with Gasteiger partial charge in [0, 0.05) is 25.0 Å². The zero-order valence-electron chi connectivity index (χ0n) is 15.7. The van der Waals surface area contributed by atoms with Crippen molar-refractivity contribution in [3.63, 3.8) is 0 Å². The first kappa shape index (κ1) is 20.4. The predicted octanol–water partition coefficient (Wildman–Crippen LogP) is 5.46. The minimum Gasteiger partial charge on any atom is -0.351 e. The van der Waals surface area contributed by atoms with E-state index in [1.54, 1.807) is 12.4 Å². The maximum atomic E-state index is 6.29. The maximum absolute atomic E-state index is 6.29. The van der Waals surface area contributed by atoms with Crippen LogP contribution in [0.5, 0.6) is 0 Å². The molecule has 1 fully saturated rings. The number of anilines is 1. The summed E-state index contributed by atoms with van der Waals surface area (Å²) >= 11 is 18.4. The SMILES string of the molecule is Clc1cnc(NC(Cc2ccccc2)C2CNCC2c2ccc(Cl)c(Cl)c2)nc1. The summed E-state index contributed by atoms with van der Waals surface area (Å²) in [6, 6.07) is 16.5. The Kier molecular flexibility index (Phi) is 6.56. The molecule has 29 heavy (non-hydrogen) atoms. The molecule has 0 saturated carbocycles. The van der Waals surface area contributed by atoms with Gasteiger partial charge in [0.15, 0.2) is 0 Å². The van der Waals surface area contributed by atoms with Crippen LogP contribution in [0.1, 0.15) is 17.0 Å². The Balaban J connectivity index is 1.62. The highest BCUT2D eigenvalue weighted by atomic mass is 35.5. The molecular weight excluding hydrogens is 427 g/mol. The molecule has 1 saturated heterocycles. The van der Waals surface area contributed by atoms with Crippen molar-refractivity contribution in [1.82, 2.24) is 15.3 Å². The van der Waals surface area contributed by atoms with Crippen molar-refractivity contribution in [2.45, 2.75) is 18.4 Å². The van der Waals surface area contributed by atoms with Crippen LogP contribution < -0.4 is 10.6 Å². The second kappa shape index (κ2) is 9.31. The van der Waals surface area contributed by atoms with Crippen LogP contribution in [0.2, 0.25) is 15.1 Å². The van der Waals surface area contributed by atoms with Gasteiger partial charge < -0.3 is 10.6 Å². The van der Waals surface area contributed by atoms with Gasteiger partial charge in [-0.25, -0.2) is 9.97 Å². The molecule has 0 spiro atoms. The second-order valence-corrected chi connectivity index (χ2v) is 8.52. The third-order valence-corrected chi connectivity index (χ3v) is 6.32. The van der Waals surface area contributed by atoms with E-state index >= 15 is 0 Å². The zero-order chi connectivity index (χ0) is 20.2. The minimum absolute atomic E-state index is 0.132.